The van der Waals surface area contributed by atoms with E-state index in [4.69, 9.17) is 0 Å². The van der Waals surface area contributed by atoms with Crippen LogP contribution in [0.4, 0.5) is 0 Å². The van der Waals surface area contributed by atoms with Gasteiger partial charge in [0.05, 0.1) is 4.90 Å². The van der Waals surface area contributed by atoms with Crippen LogP contribution in [0.25, 0.3) is 0 Å². The standard InChI is InChI=1S/C9H14BNO2S.2H2O/c1-7(2)11-14(12,13)9-5-3-8(10)4-6-9;;/h3-7,11H,10H2,1-2H3;2*1H2. The maximum atomic E-state index is 11.6. The van der Waals surface area contributed by atoms with E-state index in [2.05, 4.69) is 4.72 Å². The van der Waals surface area contributed by atoms with E-state index >= 15 is 0 Å². The van der Waals surface area contributed by atoms with Crippen molar-refractivity contribution in [2.24, 2.45) is 0 Å². The molecular weight excluding hydrogens is 229 g/mol. The van der Waals surface area contributed by atoms with Crippen molar-refractivity contribution in [2.75, 3.05) is 0 Å². The molecule has 0 bridgehead atoms. The molecule has 0 aromatic heterocycles. The molecule has 0 spiro atoms. The molecule has 7 heteroatoms. The van der Waals surface area contributed by atoms with E-state index in [0.29, 0.717) is 4.90 Å². The van der Waals surface area contributed by atoms with Crippen molar-refractivity contribution >= 4 is 23.3 Å². The maximum Gasteiger partial charge on any atom is 0.240 e. The van der Waals surface area contributed by atoms with Crippen LogP contribution < -0.4 is 10.2 Å². The van der Waals surface area contributed by atoms with E-state index in [1.165, 1.54) is 0 Å². The van der Waals surface area contributed by atoms with Crippen LogP contribution >= 0.6 is 0 Å². The molecule has 1 rings (SSSR count). The third-order valence-electron chi connectivity index (χ3n) is 1.72. The number of nitrogens with one attached hydrogen (secondary N) is 1. The lowest BCUT2D eigenvalue weighted by Gasteiger charge is -2.09. The zero-order valence-electron chi connectivity index (χ0n) is 9.61. The normalized spacial score (nSPS) is 10.4. The molecule has 0 aliphatic rings. The summed E-state index contributed by atoms with van der Waals surface area (Å²) in [5, 5.41) is 0. The van der Waals surface area contributed by atoms with Crippen molar-refractivity contribution in [3.05, 3.63) is 24.3 Å². The molecule has 92 valence electrons. The summed E-state index contributed by atoms with van der Waals surface area (Å²) < 4.78 is 25.8. The van der Waals surface area contributed by atoms with E-state index in [1.54, 1.807) is 38.1 Å². The van der Waals surface area contributed by atoms with E-state index < -0.39 is 10.0 Å². The van der Waals surface area contributed by atoms with Gasteiger partial charge >= 0.3 is 0 Å². The molecular formula is C9H18BNO4S. The summed E-state index contributed by atoms with van der Waals surface area (Å²) in [6.07, 6.45) is 0. The minimum Gasteiger partial charge on any atom is -0.412 e. The van der Waals surface area contributed by atoms with Gasteiger partial charge in [0.2, 0.25) is 10.0 Å². The Morgan fingerprint density at radius 1 is 1.12 bits per heavy atom. The molecule has 5 nitrogen and oxygen atoms in total. The van der Waals surface area contributed by atoms with Crippen molar-refractivity contribution in [2.45, 2.75) is 24.8 Å². The molecule has 16 heavy (non-hydrogen) atoms. The summed E-state index contributed by atoms with van der Waals surface area (Å²) in [4.78, 5) is 0.316. The fourth-order valence-corrected chi connectivity index (χ4v) is 2.35. The Morgan fingerprint density at radius 3 is 1.94 bits per heavy atom. The van der Waals surface area contributed by atoms with Gasteiger partial charge < -0.3 is 11.0 Å². The third kappa shape index (κ3) is 4.76. The van der Waals surface area contributed by atoms with Crippen molar-refractivity contribution in [1.29, 1.82) is 0 Å². The monoisotopic (exact) mass is 247 g/mol. The summed E-state index contributed by atoms with van der Waals surface area (Å²) in [6.45, 7) is 3.59. The van der Waals surface area contributed by atoms with Gasteiger partial charge in [-0.2, -0.15) is 0 Å². The topological polar surface area (TPSA) is 109 Å². The Labute approximate surface area is 97.0 Å². The second kappa shape index (κ2) is 6.64. The van der Waals surface area contributed by atoms with E-state index in [0.717, 1.165) is 5.46 Å². The lowest BCUT2D eigenvalue weighted by Crippen LogP contribution is -2.30. The van der Waals surface area contributed by atoms with Crippen LogP contribution in [0.2, 0.25) is 0 Å². The van der Waals surface area contributed by atoms with Gasteiger partial charge in [-0.15, -0.1) is 0 Å². The largest absolute Gasteiger partial charge is 0.412 e. The van der Waals surface area contributed by atoms with Gasteiger partial charge in [-0.25, -0.2) is 13.1 Å². The fraction of sp³-hybridized carbons (Fsp3) is 0.333. The summed E-state index contributed by atoms with van der Waals surface area (Å²) >= 11 is 0. The minimum absolute atomic E-state index is 0. The molecule has 0 aliphatic heterocycles. The van der Waals surface area contributed by atoms with Crippen molar-refractivity contribution in [3.63, 3.8) is 0 Å². The second-order valence-electron chi connectivity index (χ2n) is 3.59. The van der Waals surface area contributed by atoms with E-state index in [-0.39, 0.29) is 17.0 Å². The predicted octanol–water partition coefficient (Wildman–Crippen LogP) is -2.02. The molecule has 0 saturated carbocycles. The molecule has 0 unspecified atom stereocenters. The van der Waals surface area contributed by atoms with Crippen LogP contribution in [-0.2, 0) is 10.0 Å². The number of hydrogen-bond acceptors (Lipinski definition) is 2. The van der Waals surface area contributed by atoms with Crippen molar-refractivity contribution in [1.82, 2.24) is 4.72 Å². The Morgan fingerprint density at radius 2 is 1.56 bits per heavy atom. The first kappa shape index (κ1) is 17.5. The molecule has 5 N–H and O–H groups in total. The highest BCUT2D eigenvalue weighted by Crippen LogP contribution is 2.06. The quantitative estimate of drug-likeness (QED) is 0.622. The lowest BCUT2D eigenvalue weighted by molar-refractivity contribution is 0.570. The molecule has 0 amide bonds. The molecule has 0 atom stereocenters. The Kier molecular flexibility index (Phi) is 7.27. The molecule has 1 aromatic carbocycles. The van der Waals surface area contributed by atoms with Gasteiger partial charge in [-0.1, -0.05) is 17.6 Å². The Bertz CT molecular complexity index is 402. The SMILES string of the molecule is Bc1ccc(S(=O)(=O)NC(C)C)cc1.O.O. The van der Waals surface area contributed by atoms with Gasteiger partial charge in [0, 0.05) is 6.04 Å². The molecule has 0 fully saturated rings. The first-order valence-corrected chi connectivity index (χ1v) is 5.99. The smallest absolute Gasteiger partial charge is 0.240 e. The lowest BCUT2D eigenvalue weighted by atomic mass is 9.97. The summed E-state index contributed by atoms with van der Waals surface area (Å²) in [7, 11) is -1.40. The Hall–Kier alpha value is -0.885. The molecule has 0 saturated heterocycles. The summed E-state index contributed by atoms with van der Waals surface area (Å²) in [5.41, 5.74) is 1.05. The van der Waals surface area contributed by atoms with Crippen molar-refractivity contribution < 1.29 is 19.4 Å². The van der Waals surface area contributed by atoms with Crippen LogP contribution in [0.1, 0.15) is 13.8 Å². The zero-order chi connectivity index (χ0) is 10.8. The highest BCUT2D eigenvalue weighted by atomic mass is 32.2. The summed E-state index contributed by atoms with van der Waals surface area (Å²) in [5.74, 6) is 0. The first-order valence-electron chi connectivity index (χ1n) is 4.51. The maximum absolute atomic E-state index is 11.6. The number of sulfonamides is 1. The van der Waals surface area contributed by atoms with Gasteiger partial charge in [-0.3, -0.25) is 0 Å². The van der Waals surface area contributed by atoms with Gasteiger partial charge in [0.1, 0.15) is 7.85 Å². The molecule has 1 aromatic rings. The molecule has 0 heterocycles. The van der Waals surface area contributed by atoms with Crippen molar-refractivity contribution in [3.8, 4) is 0 Å². The second-order valence-corrected chi connectivity index (χ2v) is 5.30. The summed E-state index contributed by atoms with van der Waals surface area (Å²) in [6, 6.07) is 6.71. The van der Waals surface area contributed by atoms with E-state index in [9.17, 15) is 8.42 Å². The highest BCUT2D eigenvalue weighted by molar-refractivity contribution is 7.89. The van der Waals surface area contributed by atoms with Crippen LogP contribution in [0.3, 0.4) is 0 Å². The number of rotatable bonds is 3. The first-order chi connectivity index (χ1) is 6.42. The van der Waals surface area contributed by atoms with Gasteiger partial charge in [0.15, 0.2) is 0 Å². The minimum atomic E-state index is -3.33. The molecule has 0 radical (unpaired) electrons. The number of benzene rings is 1. The van der Waals surface area contributed by atoms with E-state index in [1.807, 2.05) is 7.85 Å². The van der Waals surface area contributed by atoms with Crippen LogP contribution in [0, 0.1) is 0 Å². The van der Waals surface area contributed by atoms with Crippen LogP contribution in [0.15, 0.2) is 29.2 Å². The average molecular weight is 247 g/mol. The van der Waals surface area contributed by atoms with Crippen LogP contribution in [0.5, 0.6) is 0 Å². The molecule has 0 aliphatic carbocycles. The zero-order valence-corrected chi connectivity index (χ0v) is 10.4. The fourth-order valence-electron chi connectivity index (χ4n) is 1.10. The Balaban J connectivity index is 0. The average Bonchev–Trinajstić information content (AvgIpc) is 2.02. The highest BCUT2D eigenvalue weighted by Gasteiger charge is 2.14. The number of hydrogen-bond donors (Lipinski definition) is 1. The van der Waals surface area contributed by atoms with Gasteiger partial charge in [-0.05, 0) is 26.0 Å². The van der Waals surface area contributed by atoms with Crippen LogP contribution in [-0.4, -0.2) is 33.3 Å². The third-order valence-corrected chi connectivity index (χ3v) is 3.40. The van der Waals surface area contributed by atoms with Gasteiger partial charge in [0.25, 0.3) is 0 Å². The predicted molar refractivity (Wildman–Crippen MR) is 67.3 cm³/mol.